The Morgan fingerprint density at radius 2 is 2.07 bits per heavy atom. The molecule has 86 valence electrons. The van der Waals surface area contributed by atoms with Gasteiger partial charge in [0.1, 0.15) is 0 Å². The van der Waals surface area contributed by atoms with E-state index < -0.39 is 0 Å². The molecule has 0 radical (unpaired) electrons. The number of thiophene rings is 1. The highest BCUT2D eigenvalue weighted by atomic mass is 79.9. The molecule has 0 aliphatic heterocycles. The van der Waals surface area contributed by atoms with E-state index in [-0.39, 0.29) is 0 Å². The fourth-order valence-electron chi connectivity index (χ4n) is 1.16. The van der Waals surface area contributed by atoms with Crippen molar-refractivity contribution in [3.8, 4) is 0 Å². The summed E-state index contributed by atoms with van der Waals surface area (Å²) in [5.74, 6) is 0. The first-order valence-corrected chi connectivity index (χ1v) is 6.90. The van der Waals surface area contributed by atoms with E-state index in [0.717, 1.165) is 6.54 Å². The van der Waals surface area contributed by atoms with Crippen LogP contribution in [0.5, 0.6) is 0 Å². The molecule has 1 N–H and O–H groups in total. The monoisotopic (exact) mass is 289 g/mol. The molecule has 0 saturated carbocycles. The van der Waals surface area contributed by atoms with Crippen molar-refractivity contribution in [2.75, 3.05) is 0 Å². The molecule has 1 unspecified atom stereocenters. The summed E-state index contributed by atoms with van der Waals surface area (Å²) >= 11 is 5.40. The van der Waals surface area contributed by atoms with Gasteiger partial charge in [0.05, 0.1) is 0 Å². The number of aryl methyl sites for hydroxylation is 1. The highest BCUT2D eigenvalue weighted by Crippen LogP contribution is 2.27. The van der Waals surface area contributed by atoms with Gasteiger partial charge in [-0.1, -0.05) is 20.8 Å². The van der Waals surface area contributed by atoms with Crippen LogP contribution in [0.15, 0.2) is 10.5 Å². The summed E-state index contributed by atoms with van der Waals surface area (Å²) in [6, 6.07) is 2.74. The zero-order chi connectivity index (χ0) is 11.6. The summed E-state index contributed by atoms with van der Waals surface area (Å²) < 4.78 is 1.23. The number of halogens is 1. The van der Waals surface area contributed by atoms with Crippen molar-refractivity contribution in [1.29, 1.82) is 0 Å². The molecule has 1 rings (SSSR count). The molecule has 0 aliphatic rings. The van der Waals surface area contributed by atoms with Crippen molar-refractivity contribution >= 4 is 27.3 Å². The van der Waals surface area contributed by atoms with E-state index in [1.807, 2.05) is 11.3 Å². The lowest BCUT2D eigenvalue weighted by Crippen LogP contribution is -2.36. The zero-order valence-electron chi connectivity index (χ0n) is 10.1. The molecule has 1 atom stereocenters. The van der Waals surface area contributed by atoms with Crippen LogP contribution in [0, 0.1) is 12.3 Å². The van der Waals surface area contributed by atoms with Crippen molar-refractivity contribution < 1.29 is 0 Å². The minimum Gasteiger partial charge on any atom is -0.309 e. The van der Waals surface area contributed by atoms with Gasteiger partial charge in [0.2, 0.25) is 0 Å². The van der Waals surface area contributed by atoms with Crippen LogP contribution in [0.4, 0.5) is 0 Å². The summed E-state index contributed by atoms with van der Waals surface area (Å²) in [4.78, 5) is 2.76. The second kappa shape index (κ2) is 4.98. The van der Waals surface area contributed by atoms with Gasteiger partial charge in [-0.2, -0.15) is 0 Å². The SMILES string of the molecule is Cc1sc(CNC(C)C(C)(C)C)cc1Br. The molecule has 1 heterocycles. The van der Waals surface area contributed by atoms with Gasteiger partial charge in [0, 0.05) is 26.8 Å². The number of hydrogen-bond acceptors (Lipinski definition) is 2. The van der Waals surface area contributed by atoms with E-state index in [9.17, 15) is 0 Å². The molecule has 0 aliphatic carbocycles. The molecule has 0 fully saturated rings. The molecule has 0 amide bonds. The standard InChI is InChI=1S/C12H20BrNS/c1-8-11(13)6-10(15-8)7-14-9(2)12(3,4)5/h6,9,14H,7H2,1-5H3. The molecule has 3 heteroatoms. The van der Waals surface area contributed by atoms with Gasteiger partial charge >= 0.3 is 0 Å². The predicted molar refractivity (Wildman–Crippen MR) is 72.5 cm³/mol. The molecule has 0 spiro atoms. The van der Waals surface area contributed by atoms with Gasteiger partial charge in [0.25, 0.3) is 0 Å². The first-order valence-electron chi connectivity index (χ1n) is 5.29. The Labute approximate surface area is 105 Å². The van der Waals surface area contributed by atoms with Crippen LogP contribution in [-0.4, -0.2) is 6.04 Å². The van der Waals surface area contributed by atoms with Crippen LogP contribution >= 0.6 is 27.3 Å². The van der Waals surface area contributed by atoms with Crippen LogP contribution in [0.1, 0.15) is 37.4 Å². The van der Waals surface area contributed by atoms with Gasteiger partial charge < -0.3 is 5.32 Å². The van der Waals surface area contributed by atoms with E-state index in [1.54, 1.807) is 0 Å². The first-order chi connectivity index (χ1) is 6.80. The van der Waals surface area contributed by atoms with Crippen molar-refractivity contribution in [3.63, 3.8) is 0 Å². The minimum atomic E-state index is 0.323. The molecule has 15 heavy (non-hydrogen) atoms. The van der Waals surface area contributed by atoms with E-state index >= 15 is 0 Å². The Bertz CT molecular complexity index is 305. The predicted octanol–water partition coefficient (Wildman–Crippen LogP) is 4.34. The molecule has 1 nitrogen and oxygen atoms in total. The smallest absolute Gasteiger partial charge is 0.0314 e. The molecule has 1 aromatic rings. The highest BCUT2D eigenvalue weighted by Gasteiger charge is 2.19. The number of hydrogen-bond donors (Lipinski definition) is 1. The maximum Gasteiger partial charge on any atom is 0.0314 e. The fourth-order valence-corrected chi connectivity index (χ4v) is 2.72. The quantitative estimate of drug-likeness (QED) is 0.873. The Balaban J connectivity index is 2.51. The van der Waals surface area contributed by atoms with Crippen molar-refractivity contribution in [3.05, 3.63) is 20.3 Å². The Hall–Kier alpha value is 0.140. The fraction of sp³-hybridized carbons (Fsp3) is 0.667. The Kier molecular flexibility index (Phi) is 4.38. The largest absolute Gasteiger partial charge is 0.309 e. The molecule has 0 aromatic carbocycles. The van der Waals surface area contributed by atoms with Gasteiger partial charge in [-0.05, 0) is 41.3 Å². The van der Waals surface area contributed by atoms with Crippen molar-refractivity contribution in [2.45, 2.75) is 47.2 Å². The van der Waals surface area contributed by atoms with E-state index in [0.29, 0.717) is 11.5 Å². The van der Waals surface area contributed by atoms with Crippen LogP contribution in [0.25, 0.3) is 0 Å². The van der Waals surface area contributed by atoms with Gasteiger partial charge in [-0.15, -0.1) is 11.3 Å². The normalized spacial score (nSPS) is 14.3. The second-order valence-electron chi connectivity index (χ2n) is 5.09. The molecule has 0 saturated heterocycles. The zero-order valence-corrected chi connectivity index (χ0v) is 12.6. The van der Waals surface area contributed by atoms with Gasteiger partial charge in [0.15, 0.2) is 0 Å². The second-order valence-corrected chi connectivity index (χ2v) is 7.28. The third kappa shape index (κ3) is 3.89. The van der Waals surface area contributed by atoms with Crippen LogP contribution in [0.2, 0.25) is 0 Å². The van der Waals surface area contributed by atoms with Crippen LogP contribution in [-0.2, 0) is 6.54 Å². The Morgan fingerprint density at radius 1 is 1.47 bits per heavy atom. The summed E-state index contributed by atoms with van der Waals surface area (Å²) in [6.45, 7) is 12.2. The molecule has 1 aromatic heterocycles. The Morgan fingerprint density at radius 3 is 2.47 bits per heavy atom. The highest BCUT2D eigenvalue weighted by molar-refractivity contribution is 9.10. The minimum absolute atomic E-state index is 0.323. The average molecular weight is 290 g/mol. The van der Waals surface area contributed by atoms with Crippen molar-refractivity contribution in [1.82, 2.24) is 5.32 Å². The molecular formula is C12H20BrNS. The maximum absolute atomic E-state index is 3.57. The van der Waals surface area contributed by atoms with E-state index in [1.165, 1.54) is 14.2 Å². The van der Waals surface area contributed by atoms with Gasteiger partial charge in [-0.25, -0.2) is 0 Å². The summed E-state index contributed by atoms with van der Waals surface area (Å²) in [5.41, 5.74) is 0.323. The maximum atomic E-state index is 3.57. The lowest BCUT2D eigenvalue weighted by molar-refractivity contribution is 0.286. The lowest BCUT2D eigenvalue weighted by atomic mass is 9.88. The summed E-state index contributed by atoms with van der Waals surface area (Å²) in [7, 11) is 0. The van der Waals surface area contributed by atoms with Crippen LogP contribution in [0.3, 0.4) is 0 Å². The van der Waals surface area contributed by atoms with Crippen LogP contribution < -0.4 is 5.32 Å². The van der Waals surface area contributed by atoms with E-state index in [2.05, 4.69) is 61.9 Å². The average Bonchev–Trinajstić information content (AvgIpc) is 2.41. The molecule has 0 bridgehead atoms. The summed E-state index contributed by atoms with van der Waals surface area (Å²) in [5, 5.41) is 3.57. The third-order valence-corrected chi connectivity index (χ3v) is 4.93. The third-order valence-electron chi connectivity index (χ3n) is 2.79. The molecular weight excluding hydrogens is 270 g/mol. The summed E-state index contributed by atoms with van der Waals surface area (Å²) in [6.07, 6.45) is 0. The number of rotatable bonds is 3. The number of nitrogens with one attached hydrogen (secondary N) is 1. The first kappa shape index (κ1) is 13.2. The van der Waals surface area contributed by atoms with Gasteiger partial charge in [-0.3, -0.25) is 0 Å². The van der Waals surface area contributed by atoms with E-state index in [4.69, 9.17) is 0 Å². The topological polar surface area (TPSA) is 12.0 Å². The van der Waals surface area contributed by atoms with Crippen molar-refractivity contribution in [2.24, 2.45) is 5.41 Å². The lowest BCUT2D eigenvalue weighted by Gasteiger charge is -2.28.